The number of aliphatic hydroxyl groups is 2. The van der Waals surface area contributed by atoms with Gasteiger partial charge in [0.2, 0.25) is 5.91 Å². The molecule has 4 amide bonds. The summed E-state index contributed by atoms with van der Waals surface area (Å²) in [5.74, 6) is -1.00. The molecule has 0 radical (unpaired) electrons. The van der Waals surface area contributed by atoms with Gasteiger partial charge in [0.25, 0.3) is 17.7 Å². The first-order valence-electron chi connectivity index (χ1n) is 19.7. The summed E-state index contributed by atoms with van der Waals surface area (Å²) in [5, 5.41) is 22.9. The first-order valence-corrected chi connectivity index (χ1v) is 19.7. The van der Waals surface area contributed by atoms with E-state index in [-0.39, 0.29) is 56.5 Å². The number of nitrogens with zero attached hydrogens (tertiary/aromatic N) is 4. The highest BCUT2D eigenvalue weighted by atomic mass is 16.5. The molecule has 4 aliphatic heterocycles. The summed E-state index contributed by atoms with van der Waals surface area (Å²) in [5.41, 5.74) is 3.74. The van der Waals surface area contributed by atoms with E-state index in [0.717, 1.165) is 11.1 Å². The number of fused-ring (bicyclic) bond motifs is 4. The van der Waals surface area contributed by atoms with Gasteiger partial charge in [-0.05, 0) is 77.7 Å². The number of anilines is 5. The van der Waals surface area contributed by atoms with Crippen molar-refractivity contribution in [1.29, 1.82) is 0 Å². The van der Waals surface area contributed by atoms with Crippen LogP contribution in [0.15, 0.2) is 127 Å². The number of aliphatic hydroxyl groups excluding tert-OH is 1. The molecule has 298 valence electrons. The summed E-state index contributed by atoms with van der Waals surface area (Å²) in [6, 6.07) is 34.5. The van der Waals surface area contributed by atoms with E-state index in [4.69, 9.17) is 9.47 Å². The molecular weight excluding hydrogens is 749 g/mol. The molecule has 0 aromatic heterocycles. The third kappa shape index (κ3) is 6.60. The lowest BCUT2D eigenvalue weighted by Gasteiger charge is -2.36. The van der Waals surface area contributed by atoms with E-state index >= 15 is 0 Å². The number of carbonyl (C=O) groups is 4. The fraction of sp³-hybridized carbons (Fsp3) is 0.234. The number of rotatable bonds is 9. The minimum Gasteiger partial charge on any atom is -0.482 e. The Hall–Kier alpha value is -6.76. The number of benzene rings is 5. The first-order chi connectivity index (χ1) is 28.6. The number of para-hydroxylation sites is 4. The summed E-state index contributed by atoms with van der Waals surface area (Å²) >= 11 is 0. The second kappa shape index (κ2) is 15.2. The Bertz CT molecular complexity index is 2540. The number of ether oxygens (including phenoxy) is 2. The van der Waals surface area contributed by atoms with Gasteiger partial charge in [0.05, 0.1) is 36.3 Å². The molecule has 59 heavy (non-hydrogen) atoms. The van der Waals surface area contributed by atoms with E-state index in [0.29, 0.717) is 64.0 Å². The number of amides is 4. The molecule has 5 aromatic carbocycles. The Morgan fingerprint density at radius 1 is 0.780 bits per heavy atom. The van der Waals surface area contributed by atoms with Crippen LogP contribution < -0.4 is 24.2 Å². The summed E-state index contributed by atoms with van der Waals surface area (Å²) in [7, 11) is 0. The molecule has 0 unspecified atom stereocenters. The van der Waals surface area contributed by atoms with Crippen molar-refractivity contribution in [2.75, 3.05) is 34.5 Å². The molecule has 0 fully saturated rings. The smallest absolute Gasteiger partial charge is 0.269 e. The minimum atomic E-state index is -2.09. The number of hydrogen-bond donors (Lipinski definition) is 2. The molecule has 0 aliphatic carbocycles. The molecule has 4 heterocycles. The molecule has 5 aromatic rings. The van der Waals surface area contributed by atoms with Crippen LogP contribution in [-0.2, 0) is 44.3 Å². The van der Waals surface area contributed by atoms with E-state index in [9.17, 15) is 29.4 Å². The van der Waals surface area contributed by atoms with Crippen LogP contribution >= 0.6 is 0 Å². The zero-order valence-electron chi connectivity index (χ0n) is 32.4. The molecule has 0 saturated heterocycles. The van der Waals surface area contributed by atoms with Crippen molar-refractivity contribution in [3.8, 4) is 11.5 Å². The second-order valence-corrected chi connectivity index (χ2v) is 15.3. The van der Waals surface area contributed by atoms with Gasteiger partial charge in [-0.1, -0.05) is 79.7 Å². The fourth-order valence-electron chi connectivity index (χ4n) is 8.65. The van der Waals surface area contributed by atoms with Gasteiger partial charge in [-0.25, -0.2) is 0 Å². The van der Waals surface area contributed by atoms with Gasteiger partial charge in [-0.15, -0.1) is 0 Å². The Kier molecular flexibility index (Phi) is 9.74. The van der Waals surface area contributed by atoms with Crippen molar-refractivity contribution in [2.24, 2.45) is 5.92 Å². The first kappa shape index (κ1) is 37.8. The second-order valence-electron chi connectivity index (χ2n) is 15.3. The van der Waals surface area contributed by atoms with E-state index in [1.54, 1.807) is 71.3 Å². The van der Waals surface area contributed by atoms with E-state index in [1.807, 2.05) is 72.8 Å². The average Bonchev–Trinajstić information content (AvgIpc) is 3.47. The Morgan fingerprint density at radius 3 is 2.08 bits per heavy atom. The van der Waals surface area contributed by atoms with Crippen LogP contribution in [0.5, 0.6) is 11.5 Å². The maximum absolute atomic E-state index is 14.8. The zero-order valence-corrected chi connectivity index (χ0v) is 32.4. The molecule has 0 bridgehead atoms. The van der Waals surface area contributed by atoms with Crippen LogP contribution in [0.4, 0.5) is 28.4 Å². The quantitative estimate of drug-likeness (QED) is 0.172. The lowest BCUT2D eigenvalue weighted by atomic mass is 9.82. The van der Waals surface area contributed by atoms with Gasteiger partial charge >= 0.3 is 0 Å². The van der Waals surface area contributed by atoms with Crippen LogP contribution in [0.1, 0.15) is 35.6 Å². The summed E-state index contributed by atoms with van der Waals surface area (Å²) in [4.78, 5) is 61.3. The highest BCUT2D eigenvalue weighted by molar-refractivity contribution is 6.10. The standard InChI is InChI=1S/C47H42N4O8/c1-30(10-8-19-43(53)48-26-33-13-3-2-12-32(33)23-36(48)27-52)47(57)37-24-35(51-40-16-5-7-18-42(40)59-29-45(51)55)20-21-38(37)49(46(47)56)25-31-11-9-14-34(22-31)50-39-15-4-6-17-41(39)58-28-44(50)54/h2-18,20-22,24,30,36,52,57H,19,23,25-29H2,1H3/b10-8+/t30-,36-,47+/m0/s1. The normalized spacial score (nSPS) is 20.1. The van der Waals surface area contributed by atoms with Crippen LogP contribution in [0, 0.1) is 5.92 Å². The Labute approximate surface area is 341 Å². The van der Waals surface area contributed by atoms with Crippen molar-refractivity contribution < 1.29 is 38.9 Å². The van der Waals surface area contributed by atoms with E-state index in [1.165, 1.54) is 9.80 Å². The van der Waals surface area contributed by atoms with Crippen LogP contribution in [0.3, 0.4) is 0 Å². The van der Waals surface area contributed by atoms with Crippen LogP contribution in [-0.4, -0.2) is 64.6 Å². The number of hydrogen-bond acceptors (Lipinski definition) is 8. The monoisotopic (exact) mass is 790 g/mol. The summed E-state index contributed by atoms with van der Waals surface area (Å²) in [6.45, 7) is 1.71. The maximum atomic E-state index is 14.8. The summed E-state index contributed by atoms with van der Waals surface area (Å²) < 4.78 is 11.3. The van der Waals surface area contributed by atoms with Crippen molar-refractivity contribution >= 4 is 52.1 Å². The topological polar surface area (TPSA) is 140 Å². The van der Waals surface area contributed by atoms with Crippen molar-refractivity contribution in [3.05, 3.63) is 150 Å². The largest absolute Gasteiger partial charge is 0.482 e. The lowest BCUT2D eigenvalue weighted by molar-refractivity contribution is -0.139. The maximum Gasteiger partial charge on any atom is 0.269 e. The van der Waals surface area contributed by atoms with Crippen LogP contribution in [0.25, 0.3) is 0 Å². The molecule has 0 spiro atoms. The summed E-state index contributed by atoms with van der Waals surface area (Å²) in [6.07, 6.45) is 3.90. The molecule has 12 heteroatoms. The molecule has 0 saturated carbocycles. The zero-order chi connectivity index (χ0) is 40.8. The van der Waals surface area contributed by atoms with Gasteiger partial charge in [0, 0.05) is 35.8 Å². The highest BCUT2D eigenvalue weighted by Crippen LogP contribution is 2.49. The van der Waals surface area contributed by atoms with Crippen LogP contribution in [0.2, 0.25) is 0 Å². The van der Waals surface area contributed by atoms with Gasteiger partial charge in [0.15, 0.2) is 18.8 Å². The van der Waals surface area contributed by atoms with E-state index in [2.05, 4.69) is 0 Å². The molecule has 3 atom stereocenters. The van der Waals surface area contributed by atoms with Gasteiger partial charge in [0.1, 0.15) is 11.5 Å². The third-order valence-corrected chi connectivity index (χ3v) is 11.7. The van der Waals surface area contributed by atoms with Crippen molar-refractivity contribution in [2.45, 2.75) is 44.5 Å². The van der Waals surface area contributed by atoms with Gasteiger partial charge < -0.3 is 29.5 Å². The average molecular weight is 791 g/mol. The Balaban J connectivity index is 1.04. The molecule has 9 rings (SSSR count). The number of carbonyl (C=O) groups excluding carboxylic acids is 4. The van der Waals surface area contributed by atoms with E-state index < -0.39 is 17.4 Å². The molecule has 2 N–H and O–H groups in total. The molecule has 12 nitrogen and oxygen atoms in total. The van der Waals surface area contributed by atoms with Gasteiger partial charge in [-0.2, -0.15) is 0 Å². The predicted octanol–water partition coefficient (Wildman–Crippen LogP) is 6.06. The fourth-order valence-corrected chi connectivity index (χ4v) is 8.65. The predicted molar refractivity (Wildman–Crippen MR) is 221 cm³/mol. The molecular formula is C47H42N4O8. The van der Waals surface area contributed by atoms with Crippen molar-refractivity contribution in [1.82, 2.24) is 4.90 Å². The minimum absolute atomic E-state index is 0.000860. The third-order valence-electron chi connectivity index (χ3n) is 11.7. The Morgan fingerprint density at radius 2 is 1.41 bits per heavy atom. The van der Waals surface area contributed by atoms with Crippen molar-refractivity contribution in [3.63, 3.8) is 0 Å². The SMILES string of the molecule is C[C@@H](/C=C/CC(=O)N1Cc2ccccc2C[C@H]1CO)[C@]1(O)C(=O)N(Cc2cccc(N3C(=O)COc4ccccc43)c2)c2ccc(N3C(=O)COc4ccccc43)cc21. The molecule has 4 aliphatic rings. The lowest BCUT2D eigenvalue weighted by Crippen LogP contribution is -2.46. The van der Waals surface area contributed by atoms with Gasteiger partial charge in [-0.3, -0.25) is 29.0 Å². The highest BCUT2D eigenvalue weighted by Gasteiger charge is 2.53.